The van der Waals surface area contributed by atoms with Gasteiger partial charge in [0.2, 0.25) is 0 Å². The molecule has 6 nitrogen and oxygen atoms in total. The van der Waals surface area contributed by atoms with Crippen molar-refractivity contribution in [1.29, 1.82) is 0 Å². The van der Waals surface area contributed by atoms with Crippen LogP contribution in [0, 0.1) is 0 Å². The van der Waals surface area contributed by atoms with E-state index in [1.165, 1.54) is 0 Å². The SMILES string of the molecule is CCOc1ccc(-c2nc(-c3ccc4c(c3)NC(=O)CO4)cs2)cc1OC. The van der Waals surface area contributed by atoms with Gasteiger partial charge in [0.15, 0.2) is 18.1 Å². The van der Waals surface area contributed by atoms with Crippen LogP contribution in [0.1, 0.15) is 6.92 Å². The molecular weight excluding hydrogens is 364 g/mol. The molecule has 1 N–H and O–H groups in total. The molecule has 0 fully saturated rings. The maximum absolute atomic E-state index is 11.5. The number of thiazole rings is 1. The number of fused-ring (bicyclic) bond motifs is 1. The Hall–Kier alpha value is -3.06. The van der Waals surface area contributed by atoms with Gasteiger partial charge in [0.1, 0.15) is 10.8 Å². The molecule has 0 saturated carbocycles. The van der Waals surface area contributed by atoms with E-state index in [0.717, 1.165) is 21.8 Å². The predicted octanol–water partition coefficient (Wildman–Crippen LogP) is 4.22. The van der Waals surface area contributed by atoms with Gasteiger partial charge >= 0.3 is 0 Å². The molecule has 1 aliphatic rings. The van der Waals surface area contributed by atoms with Crippen molar-refractivity contribution >= 4 is 22.9 Å². The molecule has 2 aromatic carbocycles. The van der Waals surface area contributed by atoms with E-state index in [4.69, 9.17) is 19.2 Å². The Morgan fingerprint density at radius 2 is 2.04 bits per heavy atom. The van der Waals surface area contributed by atoms with Crippen molar-refractivity contribution in [2.24, 2.45) is 0 Å². The molecule has 0 spiro atoms. The molecule has 0 radical (unpaired) electrons. The second kappa shape index (κ2) is 7.28. The number of amides is 1. The molecule has 0 bridgehead atoms. The lowest BCUT2D eigenvalue weighted by Crippen LogP contribution is -2.25. The van der Waals surface area contributed by atoms with Crippen LogP contribution in [-0.4, -0.2) is 31.2 Å². The number of rotatable bonds is 5. The Morgan fingerprint density at radius 3 is 2.85 bits per heavy atom. The number of nitrogens with zero attached hydrogens (tertiary/aromatic N) is 1. The standard InChI is InChI=1S/C20H18N2O4S/c1-3-25-17-7-5-13(9-18(17)24-2)20-22-15(11-27-20)12-4-6-16-14(8-12)21-19(23)10-26-16/h4-9,11H,3,10H2,1-2H3,(H,21,23). The van der Waals surface area contributed by atoms with Gasteiger partial charge in [0.05, 0.1) is 25.1 Å². The van der Waals surface area contributed by atoms with Crippen molar-refractivity contribution in [2.75, 3.05) is 25.6 Å². The van der Waals surface area contributed by atoms with E-state index in [1.807, 2.05) is 48.7 Å². The van der Waals surface area contributed by atoms with E-state index in [9.17, 15) is 4.79 Å². The summed E-state index contributed by atoms with van der Waals surface area (Å²) in [6.07, 6.45) is 0. The first-order valence-corrected chi connectivity index (χ1v) is 9.39. The summed E-state index contributed by atoms with van der Waals surface area (Å²) >= 11 is 1.55. The molecule has 1 aliphatic heterocycles. The molecule has 0 unspecified atom stereocenters. The molecule has 27 heavy (non-hydrogen) atoms. The summed E-state index contributed by atoms with van der Waals surface area (Å²) in [5, 5.41) is 5.69. The molecule has 1 amide bonds. The molecular formula is C20H18N2O4S. The number of ether oxygens (including phenoxy) is 3. The molecule has 0 saturated heterocycles. The Morgan fingerprint density at radius 1 is 1.19 bits per heavy atom. The van der Waals surface area contributed by atoms with Crippen LogP contribution in [-0.2, 0) is 4.79 Å². The average Bonchev–Trinajstić information content (AvgIpc) is 3.18. The summed E-state index contributed by atoms with van der Waals surface area (Å²) in [6.45, 7) is 2.56. The summed E-state index contributed by atoms with van der Waals surface area (Å²) in [6, 6.07) is 11.5. The lowest BCUT2D eigenvalue weighted by molar-refractivity contribution is -0.118. The third-order valence-corrected chi connectivity index (χ3v) is 5.01. The number of nitrogens with one attached hydrogen (secondary N) is 1. The Balaban J connectivity index is 1.64. The lowest BCUT2D eigenvalue weighted by Gasteiger charge is -2.18. The highest BCUT2D eigenvalue weighted by atomic mass is 32.1. The van der Waals surface area contributed by atoms with Gasteiger partial charge in [-0.3, -0.25) is 4.79 Å². The smallest absolute Gasteiger partial charge is 0.262 e. The molecule has 7 heteroatoms. The van der Waals surface area contributed by atoms with Gasteiger partial charge in [-0.1, -0.05) is 0 Å². The van der Waals surface area contributed by atoms with Gasteiger partial charge in [0, 0.05) is 16.5 Å². The van der Waals surface area contributed by atoms with Crippen molar-refractivity contribution in [3.8, 4) is 39.1 Å². The monoisotopic (exact) mass is 382 g/mol. The van der Waals surface area contributed by atoms with Crippen LogP contribution in [0.5, 0.6) is 17.2 Å². The van der Waals surface area contributed by atoms with E-state index in [1.54, 1.807) is 18.4 Å². The topological polar surface area (TPSA) is 69.7 Å². The van der Waals surface area contributed by atoms with Crippen LogP contribution in [0.4, 0.5) is 5.69 Å². The van der Waals surface area contributed by atoms with Crippen LogP contribution in [0.3, 0.4) is 0 Å². The number of benzene rings is 2. The summed E-state index contributed by atoms with van der Waals surface area (Å²) in [4.78, 5) is 16.3. The molecule has 138 valence electrons. The minimum atomic E-state index is -0.153. The van der Waals surface area contributed by atoms with Crippen LogP contribution in [0.15, 0.2) is 41.8 Å². The van der Waals surface area contributed by atoms with Crippen LogP contribution in [0.25, 0.3) is 21.8 Å². The Labute approximate surface area is 160 Å². The van der Waals surface area contributed by atoms with Gasteiger partial charge in [-0.25, -0.2) is 4.98 Å². The zero-order chi connectivity index (χ0) is 18.8. The first-order valence-electron chi connectivity index (χ1n) is 8.51. The second-order valence-corrected chi connectivity index (χ2v) is 6.74. The maximum atomic E-state index is 11.5. The first-order chi connectivity index (χ1) is 13.2. The minimum Gasteiger partial charge on any atom is -0.493 e. The number of hydrogen-bond acceptors (Lipinski definition) is 6. The lowest BCUT2D eigenvalue weighted by atomic mass is 10.1. The highest BCUT2D eigenvalue weighted by molar-refractivity contribution is 7.13. The third kappa shape index (κ3) is 3.46. The van der Waals surface area contributed by atoms with Gasteiger partial charge in [-0.05, 0) is 43.3 Å². The number of hydrogen-bond donors (Lipinski definition) is 1. The number of aromatic nitrogens is 1. The summed E-state index contributed by atoms with van der Waals surface area (Å²) in [5.41, 5.74) is 3.38. The molecule has 2 heterocycles. The number of carbonyl (C=O) groups is 1. The average molecular weight is 382 g/mol. The quantitative estimate of drug-likeness (QED) is 0.716. The number of methoxy groups -OCH3 is 1. The number of carbonyl (C=O) groups excluding carboxylic acids is 1. The predicted molar refractivity (Wildman–Crippen MR) is 105 cm³/mol. The van der Waals surface area contributed by atoms with E-state index in [-0.39, 0.29) is 12.5 Å². The summed E-state index contributed by atoms with van der Waals surface area (Å²) in [7, 11) is 1.62. The zero-order valence-corrected chi connectivity index (χ0v) is 15.8. The molecule has 0 aliphatic carbocycles. The first kappa shape index (κ1) is 17.4. The van der Waals surface area contributed by atoms with Crippen molar-refractivity contribution in [1.82, 2.24) is 4.98 Å². The van der Waals surface area contributed by atoms with Crippen LogP contribution < -0.4 is 19.5 Å². The van der Waals surface area contributed by atoms with Crippen molar-refractivity contribution in [2.45, 2.75) is 6.92 Å². The van der Waals surface area contributed by atoms with Gasteiger partial charge in [-0.15, -0.1) is 11.3 Å². The van der Waals surface area contributed by atoms with E-state index < -0.39 is 0 Å². The largest absolute Gasteiger partial charge is 0.493 e. The second-order valence-electron chi connectivity index (χ2n) is 5.88. The van der Waals surface area contributed by atoms with Gasteiger partial charge < -0.3 is 19.5 Å². The fourth-order valence-electron chi connectivity index (χ4n) is 2.86. The maximum Gasteiger partial charge on any atom is 0.262 e. The fourth-order valence-corrected chi connectivity index (χ4v) is 3.68. The summed E-state index contributed by atoms with van der Waals surface area (Å²) < 4.78 is 16.4. The molecule has 4 rings (SSSR count). The van der Waals surface area contributed by atoms with Crippen LogP contribution >= 0.6 is 11.3 Å². The Bertz CT molecular complexity index is 999. The van der Waals surface area contributed by atoms with E-state index in [0.29, 0.717) is 29.5 Å². The summed E-state index contributed by atoms with van der Waals surface area (Å²) in [5.74, 6) is 1.91. The Kier molecular flexibility index (Phi) is 4.68. The highest BCUT2D eigenvalue weighted by Crippen LogP contribution is 2.37. The molecule has 3 aromatic rings. The van der Waals surface area contributed by atoms with Crippen LogP contribution in [0.2, 0.25) is 0 Å². The minimum absolute atomic E-state index is 0.0484. The molecule has 0 atom stereocenters. The zero-order valence-electron chi connectivity index (χ0n) is 14.9. The van der Waals surface area contributed by atoms with Crippen molar-refractivity contribution < 1.29 is 19.0 Å². The third-order valence-electron chi connectivity index (χ3n) is 4.12. The van der Waals surface area contributed by atoms with E-state index >= 15 is 0 Å². The normalized spacial score (nSPS) is 12.7. The fraction of sp³-hybridized carbons (Fsp3) is 0.200. The van der Waals surface area contributed by atoms with Crippen molar-refractivity contribution in [3.63, 3.8) is 0 Å². The highest BCUT2D eigenvalue weighted by Gasteiger charge is 2.17. The number of anilines is 1. The van der Waals surface area contributed by atoms with E-state index in [2.05, 4.69) is 5.32 Å². The van der Waals surface area contributed by atoms with Gasteiger partial charge in [-0.2, -0.15) is 0 Å². The molecule has 1 aromatic heterocycles. The van der Waals surface area contributed by atoms with Gasteiger partial charge in [0.25, 0.3) is 5.91 Å². The van der Waals surface area contributed by atoms with Crippen molar-refractivity contribution in [3.05, 3.63) is 41.8 Å².